The minimum absolute atomic E-state index is 0.0174. The van der Waals surface area contributed by atoms with Crippen LogP contribution in [0.15, 0.2) is 6.20 Å². The smallest absolute Gasteiger partial charge is 0.196 e. The number of ketones is 1. The lowest BCUT2D eigenvalue weighted by Gasteiger charge is -2.04. The number of rotatable bonds is 5. The fourth-order valence-electron chi connectivity index (χ4n) is 1.20. The first-order chi connectivity index (χ1) is 6.70. The molecule has 0 saturated carbocycles. The van der Waals surface area contributed by atoms with Crippen molar-refractivity contribution in [3.63, 3.8) is 0 Å². The molecule has 0 unspecified atom stereocenters. The third-order valence-electron chi connectivity index (χ3n) is 1.89. The van der Waals surface area contributed by atoms with E-state index >= 15 is 0 Å². The van der Waals surface area contributed by atoms with Crippen LogP contribution in [0.25, 0.3) is 0 Å². The SMILES string of the molecule is CCNCC(=O)c1c(Cl)cnn1CC. The molecule has 78 valence electrons. The minimum atomic E-state index is -0.0174. The van der Waals surface area contributed by atoms with Gasteiger partial charge in [0.1, 0.15) is 5.69 Å². The van der Waals surface area contributed by atoms with Crippen LogP contribution in [-0.4, -0.2) is 28.7 Å². The zero-order valence-electron chi connectivity index (χ0n) is 8.38. The van der Waals surface area contributed by atoms with Crippen LogP contribution in [0.1, 0.15) is 24.3 Å². The third-order valence-corrected chi connectivity index (χ3v) is 2.17. The van der Waals surface area contributed by atoms with Gasteiger partial charge in [-0.2, -0.15) is 5.10 Å². The first kappa shape index (κ1) is 11.2. The van der Waals surface area contributed by atoms with E-state index in [1.165, 1.54) is 6.20 Å². The zero-order chi connectivity index (χ0) is 10.6. The molecule has 1 N–H and O–H groups in total. The summed E-state index contributed by atoms with van der Waals surface area (Å²) in [6.07, 6.45) is 1.50. The van der Waals surface area contributed by atoms with E-state index in [2.05, 4.69) is 10.4 Å². The number of carbonyl (C=O) groups is 1. The number of likely N-dealkylation sites (N-methyl/N-ethyl adjacent to an activating group) is 1. The summed E-state index contributed by atoms with van der Waals surface area (Å²) in [6, 6.07) is 0. The molecule has 0 fully saturated rings. The number of hydrogen-bond acceptors (Lipinski definition) is 3. The standard InChI is InChI=1S/C9H14ClN3O/c1-3-11-6-8(14)9-7(10)5-12-13(9)4-2/h5,11H,3-4,6H2,1-2H3. The molecule has 4 nitrogen and oxygen atoms in total. The maximum Gasteiger partial charge on any atom is 0.196 e. The second-order valence-corrected chi connectivity index (χ2v) is 3.27. The molecular formula is C9H14ClN3O. The number of hydrogen-bond donors (Lipinski definition) is 1. The van der Waals surface area contributed by atoms with E-state index in [1.807, 2.05) is 13.8 Å². The van der Waals surface area contributed by atoms with E-state index in [0.29, 0.717) is 23.8 Å². The van der Waals surface area contributed by atoms with Crippen LogP contribution >= 0.6 is 11.6 Å². The third kappa shape index (κ3) is 2.33. The monoisotopic (exact) mass is 215 g/mol. The van der Waals surface area contributed by atoms with E-state index in [0.717, 1.165) is 6.54 Å². The van der Waals surface area contributed by atoms with Gasteiger partial charge in [-0.1, -0.05) is 18.5 Å². The fraction of sp³-hybridized carbons (Fsp3) is 0.556. The Morgan fingerprint density at radius 1 is 1.64 bits per heavy atom. The summed E-state index contributed by atoms with van der Waals surface area (Å²) in [4.78, 5) is 11.7. The Morgan fingerprint density at radius 3 is 2.93 bits per heavy atom. The highest BCUT2D eigenvalue weighted by Crippen LogP contribution is 2.15. The summed E-state index contributed by atoms with van der Waals surface area (Å²) in [5.41, 5.74) is 0.495. The molecule has 0 aromatic carbocycles. The van der Waals surface area contributed by atoms with E-state index in [4.69, 9.17) is 11.6 Å². The summed E-state index contributed by atoms with van der Waals surface area (Å²) in [5, 5.41) is 7.39. The van der Waals surface area contributed by atoms with Crippen molar-refractivity contribution in [2.45, 2.75) is 20.4 Å². The second-order valence-electron chi connectivity index (χ2n) is 2.86. The van der Waals surface area contributed by atoms with Crippen molar-refractivity contribution < 1.29 is 4.79 Å². The molecule has 14 heavy (non-hydrogen) atoms. The van der Waals surface area contributed by atoms with Gasteiger partial charge in [0, 0.05) is 6.54 Å². The van der Waals surface area contributed by atoms with E-state index in [-0.39, 0.29) is 5.78 Å². The number of nitrogens with one attached hydrogen (secondary N) is 1. The summed E-state index contributed by atoms with van der Waals surface area (Å²) in [6.45, 7) is 5.60. The van der Waals surface area contributed by atoms with Crippen molar-refractivity contribution in [3.05, 3.63) is 16.9 Å². The molecule has 1 heterocycles. The quantitative estimate of drug-likeness (QED) is 0.755. The molecule has 1 aromatic heterocycles. The van der Waals surface area contributed by atoms with E-state index < -0.39 is 0 Å². The maximum absolute atomic E-state index is 11.7. The van der Waals surface area contributed by atoms with E-state index in [1.54, 1.807) is 4.68 Å². The Balaban J connectivity index is 2.82. The van der Waals surface area contributed by atoms with E-state index in [9.17, 15) is 4.79 Å². The van der Waals surface area contributed by atoms with Gasteiger partial charge < -0.3 is 5.32 Å². The lowest BCUT2D eigenvalue weighted by molar-refractivity contribution is 0.0981. The average Bonchev–Trinajstić information content (AvgIpc) is 2.56. The zero-order valence-corrected chi connectivity index (χ0v) is 9.14. The molecule has 0 aliphatic rings. The Labute approximate surface area is 88.2 Å². The van der Waals surface area contributed by atoms with Crippen molar-refractivity contribution in [2.24, 2.45) is 0 Å². The number of aromatic nitrogens is 2. The Bertz CT molecular complexity index is 322. The number of carbonyl (C=O) groups excluding carboxylic acids is 1. The highest BCUT2D eigenvalue weighted by Gasteiger charge is 2.15. The van der Waals surface area contributed by atoms with Crippen LogP contribution in [-0.2, 0) is 6.54 Å². The van der Waals surface area contributed by atoms with Crippen molar-refractivity contribution in [3.8, 4) is 0 Å². The van der Waals surface area contributed by atoms with Gasteiger partial charge >= 0.3 is 0 Å². The van der Waals surface area contributed by atoms with Crippen molar-refractivity contribution in [2.75, 3.05) is 13.1 Å². The van der Waals surface area contributed by atoms with Crippen LogP contribution in [0.4, 0.5) is 0 Å². The molecule has 0 radical (unpaired) electrons. The molecule has 0 amide bonds. The van der Waals surface area contributed by atoms with Crippen LogP contribution in [0.2, 0.25) is 5.02 Å². The molecule has 0 saturated heterocycles. The van der Waals surface area contributed by atoms with Gasteiger partial charge in [-0.05, 0) is 13.5 Å². The number of aryl methyl sites for hydroxylation is 1. The Kier molecular flexibility index (Phi) is 4.10. The van der Waals surface area contributed by atoms with Crippen LogP contribution in [0.5, 0.6) is 0 Å². The largest absolute Gasteiger partial charge is 0.310 e. The normalized spacial score (nSPS) is 10.5. The van der Waals surface area contributed by atoms with Crippen LogP contribution < -0.4 is 5.32 Å². The molecule has 5 heteroatoms. The topological polar surface area (TPSA) is 46.9 Å². The van der Waals surface area contributed by atoms with Gasteiger partial charge in [0.2, 0.25) is 0 Å². The predicted octanol–water partition coefficient (Wildman–Crippen LogP) is 1.35. The molecule has 1 rings (SSSR count). The van der Waals surface area contributed by atoms with Crippen molar-refractivity contribution >= 4 is 17.4 Å². The highest BCUT2D eigenvalue weighted by molar-refractivity contribution is 6.33. The summed E-state index contributed by atoms with van der Waals surface area (Å²) in [5.74, 6) is -0.0174. The van der Waals surface area contributed by atoms with Crippen LogP contribution in [0, 0.1) is 0 Å². The Hall–Kier alpha value is -0.870. The lowest BCUT2D eigenvalue weighted by atomic mass is 10.3. The first-order valence-electron chi connectivity index (χ1n) is 4.65. The number of Topliss-reactive ketones (excluding diaryl/α,β-unsaturated/α-hetero) is 1. The number of halogens is 1. The van der Waals surface area contributed by atoms with Gasteiger partial charge in [0.05, 0.1) is 17.8 Å². The summed E-state index contributed by atoms with van der Waals surface area (Å²) < 4.78 is 1.61. The van der Waals surface area contributed by atoms with Gasteiger partial charge in [0.25, 0.3) is 0 Å². The summed E-state index contributed by atoms with van der Waals surface area (Å²) in [7, 11) is 0. The average molecular weight is 216 g/mol. The molecule has 0 aliphatic heterocycles. The maximum atomic E-state index is 11.7. The predicted molar refractivity (Wildman–Crippen MR) is 55.8 cm³/mol. The Morgan fingerprint density at radius 2 is 2.36 bits per heavy atom. The molecule has 0 bridgehead atoms. The van der Waals surface area contributed by atoms with Crippen molar-refractivity contribution in [1.82, 2.24) is 15.1 Å². The van der Waals surface area contributed by atoms with Gasteiger partial charge in [0.15, 0.2) is 5.78 Å². The van der Waals surface area contributed by atoms with Crippen LogP contribution in [0.3, 0.4) is 0 Å². The summed E-state index contributed by atoms with van der Waals surface area (Å²) >= 11 is 5.87. The molecule has 0 atom stereocenters. The highest BCUT2D eigenvalue weighted by atomic mass is 35.5. The van der Waals surface area contributed by atoms with Gasteiger partial charge in [-0.15, -0.1) is 0 Å². The number of nitrogens with zero attached hydrogens (tertiary/aromatic N) is 2. The minimum Gasteiger partial charge on any atom is -0.310 e. The molecule has 0 spiro atoms. The molecular weight excluding hydrogens is 202 g/mol. The molecule has 0 aliphatic carbocycles. The van der Waals surface area contributed by atoms with Crippen molar-refractivity contribution in [1.29, 1.82) is 0 Å². The second kappa shape index (κ2) is 5.12. The lowest BCUT2D eigenvalue weighted by Crippen LogP contribution is -2.24. The van der Waals surface area contributed by atoms with Gasteiger partial charge in [-0.25, -0.2) is 0 Å². The molecule has 1 aromatic rings. The van der Waals surface area contributed by atoms with Gasteiger partial charge in [-0.3, -0.25) is 9.48 Å². The first-order valence-corrected chi connectivity index (χ1v) is 5.03. The fourth-order valence-corrected chi connectivity index (χ4v) is 1.45.